The standard InChI is InChI=1S/C18H26N4O4S2/c1-7-13(12-8-9-14(26-6)11(2)10-12)22-28(24,25)17-21-20-16(27-17)19-15(23)18(3,4)5/h8-10,13,22H,7H2,1-6H3,(H,19,20,23)/t13-/m1/s1. The Morgan fingerprint density at radius 1 is 1.29 bits per heavy atom. The van der Waals surface area contributed by atoms with Gasteiger partial charge in [-0.15, -0.1) is 10.2 Å². The van der Waals surface area contributed by atoms with Gasteiger partial charge in [-0.25, -0.2) is 13.1 Å². The Hall–Kier alpha value is -2.04. The number of aromatic nitrogens is 2. The molecule has 2 rings (SSSR count). The highest BCUT2D eigenvalue weighted by atomic mass is 32.2. The lowest BCUT2D eigenvalue weighted by Crippen LogP contribution is -2.28. The van der Waals surface area contributed by atoms with Crippen molar-refractivity contribution in [1.82, 2.24) is 14.9 Å². The number of rotatable bonds is 7. The molecule has 1 aromatic carbocycles. The van der Waals surface area contributed by atoms with Crippen LogP contribution in [0.1, 0.15) is 51.3 Å². The molecule has 0 saturated heterocycles. The SMILES string of the molecule is CC[C@@H](NS(=O)(=O)c1nnc(NC(=O)C(C)(C)C)s1)c1ccc(OC)c(C)c1. The molecule has 0 fully saturated rings. The predicted molar refractivity (Wildman–Crippen MR) is 109 cm³/mol. The smallest absolute Gasteiger partial charge is 0.270 e. The average molecular weight is 427 g/mol. The molecule has 0 spiro atoms. The minimum Gasteiger partial charge on any atom is -0.496 e. The first-order valence-corrected chi connectivity index (χ1v) is 11.1. The molecule has 1 atom stereocenters. The van der Waals surface area contributed by atoms with Crippen molar-refractivity contribution < 1.29 is 17.9 Å². The minimum atomic E-state index is -3.89. The average Bonchev–Trinajstić information content (AvgIpc) is 3.08. The third-order valence-electron chi connectivity index (χ3n) is 4.06. The second-order valence-electron chi connectivity index (χ2n) is 7.39. The van der Waals surface area contributed by atoms with Crippen LogP contribution in [0.5, 0.6) is 5.75 Å². The molecule has 0 aliphatic rings. The number of nitrogens with zero attached hydrogens (tertiary/aromatic N) is 2. The molecule has 10 heteroatoms. The Balaban J connectivity index is 2.20. The molecule has 1 amide bonds. The van der Waals surface area contributed by atoms with Crippen molar-refractivity contribution >= 4 is 32.4 Å². The van der Waals surface area contributed by atoms with E-state index >= 15 is 0 Å². The van der Waals surface area contributed by atoms with Crippen molar-refractivity contribution in [3.8, 4) is 5.75 Å². The molecule has 0 bridgehead atoms. The topological polar surface area (TPSA) is 110 Å². The van der Waals surface area contributed by atoms with E-state index in [-0.39, 0.29) is 15.4 Å². The van der Waals surface area contributed by atoms with Crippen molar-refractivity contribution in [2.75, 3.05) is 12.4 Å². The minimum absolute atomic E-state index is 0.147. The van der Waals surface area contributed by atoms with E-state index in [1.165, 1.54) is 0 Å². The molecular weight excluding hydrogens is 400 g/mol. The third-order valence-corrected chi connectivity index (χ3v) is 6.74. The summed E-state index contributed by atoms with van der Waals surface area (Å²) in [7, 11) is -2.30. The van der Waals surface area contributed by atoms with Gasteiger partial charge in [0, 0.05) is 11.5 Å². The van der Waals surface area contributed by atoms with Crippen LogP contribution < -0.4 is 14.8 Å². The van der Waals surface area contributed by atoms with Crippen molar-refractivity contribution in [3.63, 3.8) is 0 Å². The number of benzene rings is 1. The summed E-state index contributed by atoms with van der Waals surface area (Å²) in [4.78, 5) is 12.0. The molecule has 28 heavy (non-hydrogen) atoms. The quantitative estimate of drug-likeness (QED) is 0.658. The zero-order chi connectivity index (χ0) is 21.1. The lowest BCUT2D eigenvalue weighted by atomic mass is 9.96. The Kier molecular flexibility index (Phi) is 6.79. The number of aryl methyl sites for hydroxylation is 1. The van der Waals surface area contributed by atoms with Crippen molar-refractivity contribution in [3.05, 3.63) is 29.3 Å². The number of hydrogen-bond acceptors (Lipinski definition) is 7. The monoisotopic (exact) mass is 426 g/mol. The molecule has 0 radical (unpaired) electrons. The molecule has 0 saturated carbocycles. The predicted octanol–water partition coefficient (Wildman–Crippen LogP) is 3.27. The van der Waals surface area contributed by atoms with Crippen LogP contribution in [0, 0.1) is 12.3 Å². The van der Waals surface area contributed by atoms with Gasteiger partial charge in [0.1, 0.15) is 5.75 Å². The van der Waals surface area contributed by atoms with E-state index in [1.807, 2.05) is 32.0 Å². The lowest BCUT2D eigenvalue weighted by Gasteiger charge is -2.18. The largest absolute Gasteiger partial charge is 0.496 e. The zero-order valence-electron chi connectivity index (χ0n) is 16.9. The zero-order valence-corrected chi connectivity index (χ0v) is 18.5. The van der Waals surface area contributed by atoms with Crippen LogP contribution in [0.15, 0.2) is 22.5 Å². The summed E-state index contributed by atoms with van der Waals surface area (Å²) in [5, 5.41) is 10.3. The second kappa shape index (κ2) is 8.54. The van der Waals surface area contributed by atoms with E-state index in [0.29, 0.717) is 6.42 Å². The first-order valence-electron chi connectivity index (χ1n) is 8.79. The summed E-state index contributed by atoms with van der Waals surface area (Å²) in [5.41, 5.74) is 1.12. The molecule has 2 aromatic rings. The summed E-state index contributed by atoms with van der Waals surface area (Å²) >= 11 is 0.817. The van der Waals surface area contributed by atoms with Gasteiger partial charge < -0.3 is 10.1 Å². The molecule has 0 unspecified atom stereocenters. The van der Waals surface area contributed by atoms with Gasteiger partial charge in [-0.2, -0.15) is 0 Å². The maximum absolute atomic E-state index is 12.7. The number of sulfonamides is 1. The number of ether oxygens (including phenoxy) is 1. The van der Waals surface area contributed by atoms with Gasteiger partial charge in [-0.05, 0) is 30.5 Å². The van der Waals surface area contributed by atoms with Gasteiger partial charge in [0.2, 0.25) is 15.4 Å². The van der Waals surface area contributed by atoms with E-state index in [0.717, 1.165) is 28.2 Å². The summed E-state index contributed by atoms with van der Waals surface area (Å²) in [6.07, 6.45) is 0.553. The normalized spacial score (nSPS) is 13.2. The fourth-order valence-corrected chi connectivity index (χ4v) is 4.62. The number of carbonyl (C=O) groups is 1. The molecule has 1 heterocycles. The summed E-state index contributed by atoms with van der Waals surface area (Å²) < 4.78 is 33.2. The fraction of sp³-hybridized carbons (Fsp3) is 0.500. The van der Waals surface area contributed by atoms with Gasteiger partial charge in [-0.1, -0.05) is 51.2 Å². The number of methoxy groups -OCH3 is 1. The highest BCUT2D eigenvalue weighted by Gasteiger charge is 2.27. The van der Waals surface area contributed by atoms with Crippen molar-refractivity contribution in [2.24, 2.45) is 5.41 Å². The number of anilines is 1. The maximum Gasteiger partial charge on any atom is 0.270 e. The Morgan fingerprint density at radius 2 is 1.96 bits per heavy atom. The van der Waals surface area contributed by atoms with E-state index < -0.39 is 21.5 Å². The number of nitrogens with one attached hydrogen (secondary N) is 2. The number of amides is 1. The summed E-state index contributed by atoms with van der Waals surface area (Å²) in [5.74, 6) is 0.477. The van der Waals surface area contributed by atoms with Crippen LogP contribution in [-0.4, -0.2) is 31.6 Å². The van der Waals surface area contributed by atoms with Crippen LogP contribution in [0.3, 0.4) is 0 Å². The lowest BCUT2D eigenvalue weighted by molar-refractivity contribution is -0.123. The fourth-order valence-electron chi connectivity index (χ4n) is 2.40. The van der Waals surface area contributed by atoms with Gasteiger partial charge in [0.25, 0.3) is 10.0 Å². The van der Waals surface area contributed by atoms with Crippen molar-refractivity contribution in [1.29, 1.82) is 0 Å². The molecule has 0 aliphatic heterocycles. The number of hydrogen-bond donors (Lipinski definition) is 2. The van der Waals surface area contributed by atoms with E-state index in [1.54, 1.807) is 27.9 Å². The molecule has 0 aliphatic carbocycles. The van der Waals surface area contributed by atoms with Gasteiger partial charge in [0.15, 0.2) is 0 Å². The third kappa shape index (κ3) is 5.27. The van der Waals surface area contributed by atoms with E-state index in [9.17, 15) is 13.2 Å². The maximum atomic E-state index is 12.7. The highest BCUT2D eigenvalue weighted by molar-refractivity contribution is 7.91. The van der Waals surface area contributed by atoms with E-state index in [2.05, 4.69) is 20.2 Å². The Bertz CT molecular complexity index is 949. The van der Waals surface area contributed by atoms with E-state index in [4.69, 9.17) is 4.74 Å². The van der Waals surface area contributed by atoms with Gasteiger partial charge >= 0.3 is 0 Å². The number of carbonyl (C=O) groups excluding carboxylic acids is 1. The van der Waals surface area contributed by atoms with Crippen LogP contribution in [0.4, 0.5) is 5.13 Å². The van der Waals surface area contributed by atoms with Crippen LogP contribution >= 0.6 is 11.3 Å². The second-order valence-corrected chi connectivity index (χ2v) is 10.3. The summed E-state index contributed by atoms with van der Waals surface area (Å²) in [6, 6.07) is 5.11. The van der Waals surface area contributed by atoms with Gasteiger partial charge in [-0.3, -0.25) is 4.79 Å². The first kappa shape index (κ1) is 22.3. The highest BCUT2D eigenvalue weighted by Crippen LogP contribution is 2.27. The van der Waals surface area contributed by atoms with Crippen LogP contribution in [0.25, 0.3) is 0 Å². The van der Waals surface area contributed by atoms with Crippen LogP contribution in [-0.2, 0) is 14.8 Å². The molecule has 8 nitrogen and oxygen atoms in total. The van der Waals surface area contributed by atoms with Crippen molar-refractivity contribution in [2.45, 2.75) is 51.4 Å². The van der Waals surface area contributed by atoms with Crippen LogP contribution in [0.2, 0.25) is 0 Å². The molecule has 1 aromatic heterocycles. The Labute approximate surface area is 169 Å². The van der Waals surface area contributed by atoms with Gasteiger partial charge in [0.05, 0.1) is 7.11 Å². The first-order chi connectivity index (χ1) is 13.0. The molecule has 2 N–H and O–H groups in total. The summed E-state index contributed by atoms with van der Waals surface area (Å²) in [6.45, 7) is 9.06. The molecule has 154 valence electrons. The Morgan fingerprint density at radius 3 is 2.50 bits per heavy atom. The molecular formula is C18H26N4O4S2.